The first-order valence-corrected chi connectivity index (χ1v) is 5.35. The van der Waals surface area contributed by atoms with Crippen LogP contribution < -0.4 is 15.2 Å². The van der Waals surface area contributed by atoms with Crippen LogP contribution in [0.25, 0.3) is 0 Å². The molecule has 0 amide bonds. The smallest absolute Gasteiger partial charge is 0.347 e. The number of rotatable bonds is 5. The highest BCUT2D eigenvalue weighted by molar-refractivity contribution is 5.75. The molecule has 0 fully saturated rings. The fourth-order valence-corrected chi connectivity index (χ4v) is 1.26. The normalized spacial score (nSPS) is 11.7. The number of nitrogens with two attached hydrogens (primary N) is 1. The summed E-state index contributed by atoms with van der Waals surface area (Å²) in [6.45, 7) is 3.68. The van der Waals surface area contributed by atoms with Gasteiger partial charge in [0.15, 0.2) is 6.10 Å². The fourth-order valence-electron chi connectivity index (χ4n) is 1.26. The molecule has 1 aromatic carbocycles. The van der Waals surface area contributed by atoms with Gasteiger partial charge in [-0.2, -0.15) is 0 Å². The molecule has 5 nitrogen and oxygen atoms in total. The zero-order chi connectivity index (χ0) is 12.8. The summed E-state index contributed by atoms with van der Waals surface area (Å²) in [4.78, 5) is 11.4. The summed E-state index contributed by atoms with van der Waals surface area (Å²) < 4.78 is 15.2. The van der Waals surface area contributed by atoms with Crippen LogP contribution in [-0.4, -0.2) is 25.8 Å². The number of ether oxygens (including phenoxy) is 3. The number of esters is 1. The van der Waals surface area contributed by atoms with Crippen molar-refractivity contribution in [1.29, 1.82) is 0 Å². The zero-order valence-electron chi connectivity index (χ0n) is 10.2. The van der Waals surface area contributed by atoms with Crippen LogP contribution in [0.15, 0.2) is 18.2 Å². The highest BCUT2D eigenvalue weighted by Gasteiger charge is 2.16. The van der Waals surface area contributed by atoms with E-state index in [9.17, 15) is 4.79 Å². The first kappa shape index (κ1) is 13.2. The largest absolute Gasteiger partial charge is 0.497 e. The number of hydrogen-bond acceptors (Lipinski definition) is 5. The van der Waals surface area contributed by atoms with E-state index in [1.165, 1.54) is 0 Å². The van der Waals surface area contributed by atoms with E-state index < -0.39 is 12.1 Å². The molecule has 2 N–H and O–H groups in total. The van der Waals surface area contributed by atoms with Gasteiger partial charge in [-0.3, -0.25) is 0 Å². The van der Waals surface area contributed by atoms with Gasteiger partial charge >= 0.3 is 5.97 Å². The zero-order valence-corrected chi connectivity index (χ0v) is 10.2. The second-order valence-electron chi connectivity index (χ2n) is 3.42. The molecule has 1 unspecified atom stereocenters. The molecule has 0 heterocycles. The lowest BCUT2D eigenvalue weighted by Gasteiger charge is -2.15. The first-order chi connectivity index (χ1) is 8.08. The highest BCUT2D eigenvalue weighted by Crippen LogP contribution is 2.27. The molecule has 0 aliphatic heterocycles. The Kier molecular flexibility index (Phi) is 4.63. The molecule has 0 aliphatic carbocycles. The summed E-state index contributed by atoms with van der Waals surface area (Å²) in [5.74, 6) is 0.660. The van der Waals surface area contributed by atoms with Crippen molar-refractivity contribution in [2.45, 2.75) is 20.0 Å². The molecule has 0 spiro atoms. The summed E-state index contributed by atoms with van der Waals surface area (Å²) >= 11 is 0. The van der Waals surface area contributed by atoms with Gasteiger partial charge in [-0.15, -0.1) is 0 Å². The lowest BCUT2D eigenvalue weighted by atomic mass is 10.2. The molecule has 1 aromatic rings. The van der Waals surface area contributed by atoms with Gasteiger partial charge in [-0.1, -0.05) is 0 Å². The van der Waals surface area contributed by atoms with E-state index in [0.717, 1.165) is 0 Å². The summed E-state index contributed by atoms with van der Waals surface area (Å²) in [5, 5.41) is 0. The number of methoxy groups -OCH3 is 1. The van der Waals surface area contributed by atoms with Gasteiger partial charge in [-0.05, 0) is 26.0 Å². The molecule has 0 saturated carbocycles. The van der Waals surface area contributed by atoms with E-state index in [1.807, 2.05) is 0 Å². The second kappa shape index (κ2) is 5.98. The Morgan fingerprint density at radius 3 is 2.71 bits per heavy atom. The summed E-state index contributed by atoms with van der Waals surface area (Å²) in [5.41, 5.74) is 6.18. The van der Waals surface area contributed by atoms with Crippen molar-refractivity contribution < 1.29 is 19.0 Å². The van der Waals surface area contributed by atoms with Gasteiger partial charge < -0.3 is 19.9 Å². The number of benzene rings is 1. The molecule has 94 valence electrons. The minimum atomic E-state index is -0.689. The second-order valence-corrected chi connectivity index (χ2v) is 3.42. The Labute approximate surface area is 100 Å². The molecule has 0 saturated heterocycles. The van der Waals surface area contributed by atoms with Crippen LogP contribution in [0, 0.1) is 0 Å². The molecule has 1 atom stereocenters. The molecule has 0 aliphatic rings. The first-order valence-electron chi connectivity index (χ1n) is 5.35. The molecular formula is C12H17NO4. The number of carbonyl (C=O) groups is 1. The van der Waals surface area contributed by atoms with Gasteiger partial charge in [0, 0.05) is 6.07 Å². The third kappa shape index (κ3) is 3.55. The van der Waals surface area contributed by atoms with Gasteiger partial charge in [-0.25, -0.2) is 4.79 Å². The summed E-state index contributed by atoms with van der Waals surface area (Å²) in [6, 6.07) is 5.00. The number of nitrogen functional groups attached to an aromatic ring is 1. The standard InChI is InChI=1S/C12H17NO4/c1-4-16-12(14)8(2)17-11-6-5-9(15-3)7-10(11)13/h5-8H,4,13H2,1-3H3. The molecule has 17 heavy (non-hydrogen) atoms. The van der Waals surface area contributed by atoms with Crippen LogP contribution in [0.5, 0.6) is 11.5 Å². The van der Waals surface area contributed by atoms with Gasteiger partial charge in [0.1, 0.15) is 11.5 Å². The Hall–Kier alpha value is -1.91. The van der Waals surface area contributed by atoms with Gasteiger partial charge in [0.25, 0.3) is 0 Å². The van der Waals surface area contributed by atoms with E-state index >= 15 is 0 Å². The van der Waals surface area contributed by atoms with Crippen molar-refractivity contribution in [2.24, 2.45) is 0 Å². The molecule has 0 radical (unpaired) electrons. The van der Waals surface area contributed by atoms with Crippen molar-refractivity contribution in [2.75, 3.05) is 19.5 Å². The Morgan fingerprint density at radius 2 is 2.18 bits per heavy atom. The van der Waals surface area contributed by atoms with Crippen LogP contribution in [0.1, 0.15) is 13.8 Å². The quantitative estimate of drug-likeness (QED) is 0.624. The average Bonchev–Trinajstić information content (AvgIpc) is 2.31. The van der Waals surface area contributed by atoms with Crippen molar-refractivity contribution in [3.63, 3.8) is 0 Å². The van der Waals surface area contributed by atoms with Crippen LogP contribution in [0.2, 0.25) is 0 Å². The minimum Gasteiger partial charge on any atom is -0.497 e. The van der Waals surface area contributed by atoms with Gasteiger partial charge in [0.05, 0.1) is 19.4 Å². The molecule has 0 aromatic heterocycles. The van der Waals surface area contributed by atoms with Gasteiger partial charge in [0.2, 0.25) is 0 Å². The van der Waals surface area contributed by atoms with Crippen LogP contribution in [-0.2, 0) is 9.53 Å². The lowest BCUT2D eigenvalue weighted by molar-refractivity contribution is -0.150. The number of hydrogen-bond donors (Lipinski definition) is 1. The minimum absolute atomic E-state index is 0.324. The Balaban J connectivity index is 2.71. The Bertz CT molecular complexity index is 392. The molecule has 1 rings (SSSR count). The third-order valence-electron chi connectivity index (χ3n) is 2.14. The fraction of sp³-hybridized carbons (Fsp3) is 0.417. The summed E-state index contributed by atoms with van der Waals surface area (Å²) in [7, 11) is 1.55. The van der Waals surface area contributed by atoms with Crippen LogP contribution >= 0.6 is 0 Å². The Morgan fingerprint density at radius 1 is 1.47 bits per heavy atom. The monoisotopic (exact) mass is 239 g/mol. The maximum absolute atomic E-state index is 11.4. The van der Waals surface area contributed by atoms with E-state index in [2.05, 4.69) is 0 Å². The maximum atomic E-state index is 11.4. The predicted molar refractivity (Wildman–Crippen MR) is 64.1 cm³/mol. The van der Waals surface area contributed by atoms with Crippen molar-refractivity contribution >= 4 is 11.7 Å². The SMILES string of the molecule is CCOC(=O)C(C)Oc1ccc(OC)cc1N. The maximum Gasteiger partial charge on any atom is 0.347 e. The third-order valence-corrected chi connectivity index (χ3v) is 2.14. The summed E-state index contributed by atoms with van der Waals surface area (Å²) in [6.07, 6.45) is -0.689. The molecular weight excluding hydrogens is 222 g/mol. The van der Waals surface area contributed by atoms with E-state index in [0.29, 0.717) is 23.8 Å². The number of anilines is 1. The van der Waals surface area contributed by atoms with E-state index in [4.69, 9.17) is 19.9 Å². The van der Waals surface area contributed by atoms with E-state index in [-0.39, 0.29) is 0 Å². The number of carbonyl (C=O) groups excluding carboxylic acids is 1. The lowest BCUT2D eigenvalue weighted by Crippen LogP contribution is -2.26. The highest BCUT2D eigenvalue weighted by atomic mass is 16.6. The van der Waals surface area contributed by atoms with E-state index in [1.54, 1.807) is 39.2 Å². The molecule has 5 heteroatoms. The van der Waals surface area contributed by atoms with Crippen molar-refractivity contribution in [1.82, 2.24) is 0 Å². The average molecular weight is 239 g/mol. The van der Waals surface area contributed by atoms with Crippen molar-refractivity contribution in [3.8, 4) is 11.5 Å². The van der Waals surface area contributed by atoms with Crippen LogP contribution in [0.4, 0.5) is 5.69 Å². The van der Waals surface area contributed by atoms with Crippen LogP contribution in [0.3, 0.4) is 0 Å². The topological polar surface area (TPSA) is 70.8 Å². The van der Waals surface area contributed by atoms with Crippen molar-refractivity contribution in [3.05, 3.63) is 18.2 Å². The predicted octanol–water partition coefficient (Wildman–Crippen LogP) is 1.61. The molecule has 0 bridgehead atoms.